The lowest BCUT2D eigenvalue weighted by Crippen LogP contribution is -2.14. The van der Waals surface area contributed by atoms with Crippen LogP contribution < -0.4 is 0 Å². The highest BCUT2D eigenvalue weighted by Gasteiger charge is 2.28. The van der Waals surface area contributed by atoms with Crippen molar-refractivity contribution in [2.24, 2.45) is 5.16 Å². The van der Waals surface area contributed by atoms with E-state index in [1.807, 2.05) is 6.21 Å². The molecule has 1 radical (unpaired) electrons. The van der Waals surface area contributed by atoms with Crippen molar-refractivity contribution in [3.05, 3.63) is 0 Å². The average Bonchev–Trinajstić information content (AvgIpc) is 1.63. The van der Waals surface area contributed by atoms with Crippen molar-refractivity contribution in [1.82, 2.24) is 0 Å². The monoisotopic (exact) mass is 140 g/mol. The van der Waals surface area contributed by atoms with Gasteiger partial charge >= 0.3 is 6.18 Å². The second kappa shape index (κ2) is 3.32. The predicted molar refractivity (Wildman–Crippen MR) is 25.1 cm³/mol. The van der Waals surface area contributed by atoms with Crippen LogP contribution in [0.4, 0.5) is 13.2 Å². The van der Waals surface area contributed by atoms with E-state index in [0.717, 1.165) is 0 Å². The van der Waals surface area contributed by atoms with Crippen LogP contribution in [0.25, 0.3) is 0 Å². The molecule has 0 aromatic heterocycles. The maximum absolute atomic E-state index is 11.2. The normalized spacial score (nSPS) is 12.4. The Hall–Kier alpha value is -0.740. The van der Waals surface area contributed by atoms with Crippen LogP contribution in [-0.2, 0) is 4.84 Å². The molecule has 0 aliphatic rings. The first-order valence-electron chi connectivity index (χ1n) is 2.12. The van der Waals surface area contributed by atoms with E-state index in [1.54, 1.807) is 0 Å². The summed E-state index contributed by atoms with van der Waals surface area (Å²) in [5, 5.41) is 2.79. The van der Waals surface area contributed by atoms with Crippen LogP contribution in [0.1, 0.15) is 6.92 Å². The lowest BCUT2D eigenvalue weighted by Gasteiger charge is -2.01. The summed E-state index contributed by atoms with van der Waals surface area (Å²) in [6.45, 7) is -0.00971. The van der Waals surface area contributed by atoms with Gasteiger partial charge in [-0.1, -0.05) is 5.16 Å². The zero-order chi connectivity index (χ0) is 7.33. The minimum absolute atomic E-state index is 1.34. The summed E-state index contributed by atoms with van der Waals surface area (Å²) in [7, 11) is 0. The van der Waals surface area contributed by atoms with Gasteiger partial charge in [0, 0.05) is 0 Å². The van der Waals surface area contributed by atoms with Crippen molar-refractivity contribution < 1.29 is 18.0 Å². The molecule has 0 N–H and O–H groups in total. The van der Waals surface area contributed by atoms with E-state index in [2.05, 4.69) is 9.99 Å². The molecule has 0 aliphatic heterocycles. The molecular weight excluding hydrogens is 135 g/mol. The highest BCUT2D eigenvalue weighted by atomic mass is 19.4. The molecule has 0 aliphatic carbocycles. The molecule has 0 atom stereocenters. The van der Waals surface area contributed by atoms with Gasteiger partial charge in [-0.2, -0.15) is 13.2 Å². The van der Waals surface area contributed by atoms with E-state index < -0.39 is 12.8 Å². The number of alkyl halides is 3. The molecule has 0 saturated carbocycles. The number of hydrogen-bond acceptors (Lipinski definition) is 2. The summed E-state index contributed by atoms with van der Waals surface area (Å²) >= 11 is 0. The Kier molecular flexibility index (Phi) is 3.05. The van der Waals surface area contributed by atoms with Gasteiger partial charge in [-0.15, -0.1) is 0 Å². The van der Waals surface area contributed by atoms with Crippen LogP contribution in [0.2, 0.25) is 0 Å². The van der Waals surface area contributed by atoms with Crippen LogP contribution in [0.3, 0.4) is 0 Å². The van der Waals surface area contributed by atoms with Gasteiger partial charge in [0.25, 0.3) is 0 Å². The fraction of sp³-hybridized carbons (Fsp3) is 0.750. The summed E-state index contributed by atoms with van der Waals surface area (Å²) < 4.78 is 33.5. The number of hydrogen-bond donors (Lipinski definition) is 0. The van der Waals surface area contributed by atoms with Crippen LogP contribution in [0.5, 0.6) is 0 Å². The number of rotatable bonds is 2. The fourth-order valence-corrected chi connectivity index (χ4v) is 0.170. The smallest absolute Gasteiger partial charge is 0.386 e. The van der Waals surface area contributed by atoms with Crippen molar-refractivity contribution >= 4 is 6.21 Å². The Morgan fingerprint density at radius 2 is 2.11 bits per heavy atom. The van der Waals surface area contributed by atoms with Gasteiger partial charge < -0.3 is 4.84 Å². The van der Waals surface area contributed by atoms with Crippen molar-refractivity contribution in [2.75, 3.05) is 6.61 Å². The second-order valence-corrected chi connectivity index (χ2v) is 1.20. The van der Waals surface area contributed by atoms with Gasteiger partial charge in [-0.25, -0.2) is 0 Å². The van der Waals surface area contributed by atoms with Gasteiger partial charge in [0.1, 0.15) is 6.21 Å². The molecule has 0 fully saturated rings. The van der Waals surface area contributed by atoms with E-state index in [1.165, 1.54) is 6.92 Å². The molecule has 0 heterocycles. The van der Waals surface area contributed by atoms with Gasteiger partial charge in [0.2, 0.25) is 6.61 Å². The summed E-state index contributed by atoms with van der Waals surface area (Å²) in [6.07, 6.45) is -2.26. The first-order chi connectivity index (χ1) is 4.06. The largest absolute Gasteiger partial charge is 0.425 e. The number of halogens is 3. The standard InChI is InChI=1S/C4H5F3NO/c1-2-8-9-3-4(5,6)7/h3H2,1H3. The second-order valence-electron chi connectivity index (χ2n) is 1.20. The van der Waals surface area contributed by atoms with Gasteiger partial charge in [-0.05, 0) is 6.92 Å². The molecule has 53 valence electrons. The van der Waals surface area contributed by atoms with E-state index in [0.29, 0.717) is 0 Å². The maximum atomic E-state index is 11.2. The third-order valence-corrected chi connectivity index (χ3v) is 0.384. The topological polar surface area (TPSA) is 21.6 Å². The van der Waals surface area contributed by atoms with Gasteiger partial charge in [-0.3, -0.25) is 0 Å². The maximum Gasteiger partial charge on any atom is 0.425 e. The van der Waals surface area contributed by atoms with Crippen LogP contribution >= 0.6 is 0 Å². The minimum Gasteiger partial charge on any atom is -0.386 e. The van der Waals surface area contributed by atoms with Crippen LogP contribution in [-0.4, -0.2) is 19.0 Å². The molecule has 0 aromatic rings. The average molecular weight is 140 g/mol. The fourth-order valence-electron chi connectivity index (χ4n) is 0.170. The van der Waals surface area contributed by atoms with E-state index >= 15 is 0 Å². The number of nitrogens with zero attached hydrogens (tertiary/aromatic N) is 1. The summed E-state index contributed by atoms with van der Waals surface area (Å²) in [4.78, 5) is 3.74. The minimum atomic E-state index is -4.31. The Balaban J connectivity index is 3.28. The molecule has 0 spiro atoms. The molecule has 0 bridgehead atoms. The Morgan fingerprint density at radius 1 is 1.56 bits per heavy atom. The molecule has 0 rings (SSSR count). The quantitative estimate of drug-likeness (QED) is 0.420. The molecule has 9 heavy (non-hydrogen) atoms. The van der Waals surface area contributed by atoms with Crippen LogP contribution in [0.15, 0.2) is 5.16 Å². The first kappa shape index (κ1) is 8.26. The molecule has 0 unspecified atom stereocenters. The Labute approximate surface area is 50.3 Å². The zero-order valence-corrected chi connectivity index (χ0v) is 4.70. The third-order valence-electron chi connectivity index (χ3n) is 0.384. The highest BCUT2D eigenvalue weighted by Crippen LogP contribution is 2.13. The molecular formula is C4H5F3NO. The lowest BCUT2D eigenvalue weighted by molar-refractivity contribution is -0.173. The van der Waals surface area contributed by atoms with E-state index in [4.69, 9.17) is 0 Å². The van der Waals surface area contributed by atoms with Crippen molar-refractivity contribution in [1.29, 1.82) is 0 Å². The van der Waals surface area contributed by atoms with Gasteiger partial charge in [0.15, 0.2) is 0 Å². The van der Waals surface area contributed by atoms with E-state index in [9.17, 15) is 13.2 Å². The zero-order valence-electron chi connectivity index (χ0n) is 4.70. The summed E-state index contributed by atoms with van der Waals surface area (Å²) in [6, 6.07) is 0. The highest BCUT2D eigenvalue weighted by molar-refractivity contribution is 5.52. The summed E-state index contributed by atoms with van der Waals surface area (Å²) in [5.74, 6) is 0. The molecule has 5 heteroatoms. The Bertz CT molecular complexity index is 98.5. The third kappa shape index (κ3) is 7.26. The van der Waals surface area contributed by atoms with Gasteiger partial charge in [0.05, 0.1) is 0 Å². The Morgan fingerprint density at radius 3 is 2.44 bits per heavy atom. The van der Waals surface area contributed by atoms with Crippen molar-refractivity contribution in [3.8, 4) is 0 Å². The van der Waals surface area contributed by atoms with Crippen LogP contribution in [0, 0.1) is 0 Å². The van der Waals surface area contributed by atoms with E-state index in [-0.39, 0.29) is 0 Å². The lowest BCUT2D eigenvalue weighted by atomic mass is 10.7. The van der Waals surface area contributed by atoms with Crippen molar-refractivity contribution in [2.45, 2.75) is 13.1 Å². The molecule has 0 aromatic carbocycles. The SMILES string of the molecule is C/[C]=N\OCC(F)(F)F. The molecule has 0 saturated heterocycles. The molecule has 0 amide bonds. The summed E-state index contributed by atoms with van der Waals surface area (Å²) in [5.41, 5.74) is 0. The van der Waals surface area contributed by atoms with Crippen molar-refractivity contribution in [3.63, 3.8) is 0 Å². The molecule has 2 nitrogen and oxygen atoms in total. The predicted octanol–water partition coefficient (Wildman–Crippen LogP) is 1.45. The first-order valence-corrected chi connectivity index (χ1v) is 2.12.